The highest BCUT2D eigenvalue weighted by molar-refractivity contribution is 5.76. The van der Waals surface area contributed by atoms with Crippen LogP contribution in [0.25, 0.3) is 0 Å². The zero-order chi connectivity index (χ0) is 48.2. The van der Waals surface area contributed by atoms with Crippen LogP contribution in [0.2, 0.25) is 0 Å². The van der Waals surface area contributed by atoms with Gasteiger partial charge in [0.15, 0.2) is 12.6 Å². The predicted octanol–water partition coefficient (Wildman–Crippen LogP) is 7.33. The van der Waals surface area contributed by atoms with Crippen LogP contribution in [0.5, 0.6) is 0 Å². The molecule has 0 aromatic heterocycles. The van der Waals surface area contributed by atoms with Gasteiger partial charge in [-0.05, 0) is 44.9 Å². The predicted molar refractivity (Wildman–Crippen MR) is 258 cm³/mol. The fraction of sp³-hybridized carbons (Fsp3) is 0.904. The molecule has 0 bridgehead atoms. The summed E-state index contributed by atoms with van der Waals surface area (Å²) in [6.07, 6.45) is 26.9. The molecule has 0 aromatic carbocycles. The van der Waals surface area contributed by atoms with Gasteiger partial charge in [-0.2, -0.15) is 0 Å². The molecule has 12 atom stereocenters. The lowest BCUT2D eigenvalue weighted by atomic mass is 9.97. The third-order valence-electron chi connectivity index (χ3n) is 13.2. The monoisotopic (exact) mass is 944 g/mol. The van der Waals surface area contributed by atoms with Crippen LogP contribution in [-0.2, 0) is 23.7 Å². The minimum atomic E-state index is -1.78. The summed E-state index contributed by atoms with van der Waals surface area (Å²) in [4.78, 5) is 13.1. The summed E-state index contributed by atoms with van der Waals surface area (Å²) in [5.41, 5.74) is 0. The van der Waals surface area contributed by atoms with Crippen LogP contribution in [0, 0.1) is 0 Å². The molecule has 0 saturated carbocycles. The third kappa shape index (κ3) is 25.9. The molecule has 2 saturated heterocycles. The number of nitrogens with one attached hydrogen (secondary N) is 1. The van der Waals surface area contributed by atoms with Crippen molar-refractivity contribution in [3.8, 4) is 0 Å². The van der Waals surface area contributed by atoms with Crippen LogP contribution in [0.3, 0.4) is 0 Å². The quantitative estimate of drug-likeness (QED) is 0.0216. The van der Waals surface area contributed by atoms with Gasteiger partial charge in [-0.1, -0.05) is 179 Å². The molecule has 2 heterocycles. The van der Waals surface area contributed by atoms with Crippen molar-refractivity contribution in [1.82, 2.24) is 5.32 Å². The van der Waals surface area contributed by atoms with E-state index < -0.39 is 86.8 Å². The average molecular weight is 944 g/mol. The number of carbonyl (C=O) groups is 1. The van der Waals surface area contributed by atoms with E-state index in [2.05, 4.69) is 43.5 Å². The van der Waals surface area contributed by atoms with E-state index in [1.54, 1.807) is 0 Å². The maximum Gasteiger partial charge on any atom is 0.220 e. The number of carbonyl (C=O) groups excluding carboxylic acids is 1. The highest BCUT2D eigenvalue weighted by atomic mass is 16.7. The Morgan fingerprint density at radius 3 is 1.52 bits per heavy atom. The molecule has 0 aromatic rings. The second kappa shape index (κ2) is 39.2. The van der Waals surface area contributed by atoms with Gasteiger partial charge in [0.05, 0.1) is 32.0 Å². The lowest BCUT2D eigenvalue weighted by molar-refractivity contribution is -0.359. The number of ether oxygens (including phenoxy) is 4. The minimum absolute atomic E-state index is 0.213. The molecule has 0 aliphatic carbocycles. The van der Waals surface area contributed by atoms with Crippen LogP contribution in [0.1, 0.15) is 206 Å². The largest absolute Gasteiger partial charge is 0.394 e. The first-order chi connectivity index (χ1) is 32.1. The van der Waals surface area contributed by atoms with Crippen molar-refractivity contribution in [1.29, 1.82) is 0 Å². The summed E-state index contributed by atoms with van der Waals surface area (Å²) < 4.78 is 22.6. The molecule has 9 N–H and O–H groups in total. The smallest absolute Gasteiger partial charge is 0.220 e. The summed E-state index contributed by atoms with van der Waals surface area (Å²) in [6.45, 7) is 2.74. The van der Waals surface area contributed by atoms with Crippen LogP contribution >= 0.6 is 0 Å². The number of hydrogen-bond acceptors (Lipinski definition) is 13. The Morgan fingerprint density at radius 1 is 0.545 bits per heavy atom. The normalized spacial score (nSPS) is 26.9. The average Bonchev–Trinajstić information content (AvgIpc) is 3.31. The zero-order valence-corrected chi connectivity index (χ0v) is 41.2. The van der Waals surface area contributed by atoms with Gasteiger partial charge < -0.3 is 65.1 Å². The summed E-state index contributed by atoms with van der Waals surface area (Å²) >= 11 is 0. The molecule has 14 nitrogen and oxygen atoms in total. The van der Waals surface area contributed by atoms with Crippen molar-refractivity contribution in [3.05, 3.63) is 24.3 Å². The fourth-order valence-corrected chi connectivity index (χ4v) is 8.80. The Kier molecular flexibility index (Phi) is 36.0. The summed E-state index contributed by atoms with van der Waals surface area (Å²) in [7, 11) is 0. The molecule has 2 rings (SSSR count). The summed E-state index contributed by atoms with van der Waals surface area (Å²) in [6, 6.07) is -0.822. The van der Waals surface area contributed by atoms with Gasteiger partial charge >= 0.3 is 0 Å². The van der Waals surface area contributed by atoms with Crippen molar-refractivity contribution in [3.63, 3.8) is 0 Å². The van der Waals surface area contributed by atoms with Gasteiger partial charge in [-0.25, -0.2) is 0 Å². The van der Waals surface area contributed by atoms with Crippen LogP contribution in [0.15, 0.2) is 24.3 Å². The van der Waals surface area contributed by atoms with Gasteiger partial charge in [-0.15, -0.1) is 0 Å². The lowest BCUT2D eigenvalue weighted by Gasteiger charge is -2.46. The van der Waals surface area contributed by atoms with E-state index in [0.717, 1.165) is 64.2 Å². The molecule has 66 heavy (non-hydrogen) atoms. The number of hydrogen-bond donors (Lipinski definition) is 9. The number of amides is 1. The molecular formula is C52H97NO13. The molecule has 12 unspecified atom stereocenters. The highest BCUT2D eigenvalue weighted by Gasteiger charge is 2.51. The Labute approximate surface area is 398 Å². The molecule has 2 aliphatic rings. The first-order valence-corrected chi connectivity index (χ1v) is 26.6. The molecule has 2 fully saturated rings. The molecule has 388 valence electrons. The molecule has 2 aliphatic heterocycles. The molecular weight excluding hydrogens is 847 g/mol. The van der Waals surface area contributed by atoms with Crippen molar-refractivity contribution in [2.75, 3.05) is 19.8 Å². The Balaban J connectivity index is 1.61. The zero-order valence-electron chi connectivity index (χ0n) is 41.2. The first kappa shape index (κ1) is 60.6. The van der Waals surface area contributed by atoms with Crippen molar-refractivity contribution in [2.24, 2.45) is 0 Å². The second-order valence-corrected chi connectivity index (χ2v) is 19.0. The number of aliphatic hydroxyl groups excluding tert-OH is 8. The maximum absolute atomic E-state index is 13.1. The molecule has 1 amide bonds. The van der Waals surface area contributed by atoms with Crippen LogP contribution in [-0.4, -0.2) is 140 Å². The Hall–Kier alpha value is -1.53. The van der Waals surface area contributed by atoms with E-state index in [9.17, 15) is 45.6 Å². The van der Waals surface area contributed by atoms with Gasteiger partial charge in [0.1, 0.15) is 48.8 Å². The van der Waals surface area contributed by atoms with E-state index in [1.165, 1.54) is 116 Å². The highest BCUT2D eigenvalue weighted by Crippen LogP contribution is 2.30. The van der Waals surface area contributed by atoms with E-state index >= 15 is 0 Å². The van der Waals surface area contributed by atoms with Crippen LogP contribution in [0.4, 0.5) is 0 Å². The van der Waals surface area contributed by atoms with Gasteiger partial charge in [0, 0.05) is 6.42 Å². The number of aliphatic hydroxyl groups is 8. The first-order valence-electron chi connectivity index (χ1n) is 26.6. The van der Waals surface area contributed by atoms with E-state index in [4.69, 9.17) is 18.9 Å². The summed E-state index contributed by atoms with van der Waals surface area (Å²) in [5.74, 6) is -0.213. The minimum Gasteiger partial charge on any atom is -0.394 e. The Bertz CT molecular complexity index is 1210. The van der Waals surface area contributed by atoms with E-state index in [-0.39, 0.29) is 12.5 Å². The third-order valence-corrected chi connectivity index (χ3v) is 13.2. The van der Waals surface area contributed by atoms with Crippen LogP contribution < -0.4 is 5.32 Å². The maximum atomic E-state index is 13.1. The lowest BCUT2D eigenvalue weighted by Crippen LogP contribution is -2.65. The fourth-order valence-electron chi connectivity index (χ4n) is 8.80. The van der Waals surface area contributed by atoms with Crippen molar-refractivity contribution in [2.45, 2.75) is 280 Å². The SMILES string of the molecule is CCCCCCC/C=C\C/C=C\CCCCCCCCCCCCCCCCCC(=O)NC(COC1OC(CO)C(OC2OC(CO)C(O)C(O)C2O)C(O)C1O)C(O)CCCCCCC. The van der Waals surface area contributed by atoms with Crippen molar-refractivity contribution < 1.29 is 64.6 Å². The number of unbranched alkanes of at least 4 members (excludes halogenated alkanes) is 24. The van der Waals surface area contributed by atoms with E-state index in [1.807, 2.05) is 0 Å². The van der Waals surface area contributed by atoms with Gasteiger partial charge in [-0.3, -0.25) is 4.79 Å². The topological polar surface area (TPSA) is 228 Å². The number of allylic oxidation sites excluding steroid dienone is 4. The second-order valence-electron chi connectivity index (χ2n) is 19.0. The van der Waals surface area contributed by atoms with Gasteiger partial charge in [0.25, 0.3) is 0 Å². The Morgan fingerprint density at radius 2 is 1.00 bits per heavy atom. The standard InChI is InChI=1S/C52H97NO13/c1-3-5-7-9-10-11-12-13-14-15-16-17-18-19-20-21-22-23-24-25-26-27-28-29-30-32-34-36-44(57)53-40(41(56)35-33-31-8-6-4-2)39-63-51-49(62)47(60)50(43(38-55)65-51)66-52-48(61)46(59)45(58)42(37-54)64-52/h12-13,15-16,40-43,45-52,54-56,58-62H,3-11,14,17-39H2,1-2H3,(H,53,57)/b13-12-,16-15-. The summed E-state index contributed by atoms with van der Waals surface area (Å²) in [5, 5.41) is 86.4. The molecule has 14 heteroatoms. The molecule has 0 spiro atoms. The molecule has 0 radical (unpaired) electrons. The van der Waals surface area contributed by atoms with Crippen molar-refractivity contribution >= 4 is 5.91 Å². The number of rotatable bonds is 41. The van der Waals surface area contributed by atoms with Gasteiger partial charge in [0.2, 0.25) is 5.91 Å². The van der Waals surface area contributed by atoms with E-state index in [0.29, 0.717) is 12.8 Å².